The molecule has 0 radical (unpaired) electrons. The molecular weight excluding hydrogens is 392 g/mol. The summed E-state index contributed by atoms with van der Waals surface area (Å²) >= 11 is 6.20. The number of sulfonamides is 1. The van der Waals surface area contributed by atoms with Gasteiger partial charge in [-0.25, -0.2) is 13.2 Å². The highest BCUT2D eigenvalue weighted by Crippen LogP contribution is 2.35. The number of aryl methyl sites for hydroxylation is 1. The number of benzene rings is 2. The zero-order valence-corrected chi connectivity index (χ0v) is 17.0. The Balaban J connectivity index is 2.48. The van der Waals surface area contributed by atoms with E-state index in [-0.39, 0.29) is 10.6 Å². The fraction of sp³-hybridized carbons (Fsp3) is 0.278. The topological polar surface area (TPSA) is 95.9 Å². The monoisotopic (exact) mass is 412 g/mol. The summed E-state index contributed by atoms with van der Waals surface area (Å²) in [5.41, 5.74) is 1.84. The minimum Gasteiger partial charge on any atom is -0.481 e. The Kier molecular flexibility index (Phi) is 6.22. The van der Waals surface area contributed by atoms with Gasteiger partial charge in [-0.05, 0) is 37.6 Å². The number of carbonyl (C=O) groups is 1. The van der Waals surface area contributed by atoms with Gasteiger partial charge < -0.3 is 14.7 Å². The predicted octanol–water partition coefficient (Wildman–Crippen LogP) is 3.29. The lowest BCUT2D eigenvalue weighted by Crippen LogP contribution is -2.19. The van der Waals surface area contributed by atoms with Gasteiger partial charge in [0.25, 0.3) is 10.0 Å². The summed E-state index contributed by atoms with van der Waals surface area (Å²) in [7, 11) is -0.441. The lowest BCUT2D eigenvalue weighted by molar-refractivity contribution is -0.139. The van der Waals surface area contributed by atoms with Gasteiger partial charge in [-0.15, -0.1) is 0 Å². The molecule has 9 heteroatoms. The standard InChI is InChI=1S/C18H21ClN2O5S/c1-11-8-9-15(12(2)18(11)26-10-16(22)23)27(24,25)20-14-7-5-6-13(19)17(14)21(3)4/h5-9,20H,10H2,1-4H3,(H,22,23). The fourth-order valence-electron chi connectivity index (χ4n) is 2.71. The minimum atomic E-state index is -3.96. The smallest absolute Gasteiger partial charge is 0.341 e. The van der Waals surface area contributed by atoms with Gasteiger partial charge in [-0.3, -0.25) is 4.72 Å². The third-order valence-electron chi connectivity index (χ3n) is 3.86. The number of nitrogens with zero attached hydrogens (tertiary/aromatic N) is 1. The largest absolute Gasteiger partial charge is 0.481 e. The lowest BCUT2D eigenvalue weighted by Gasteiger charge is -2.21. The number of nitrogens with one attached hydrogen (secondary N) is 1. The molecule has 0 heterocycles. The first-order valence-corrected chi connectivity index (χ1v) is 9.84. The molecule has 0 saturated carbocycles. The van der Waals surface area contributed by atoms with E-state index < -0.39 is 22.6 Å². The van der Waals surface area contributed by atoms with E-state index in [1.54, 1.807) is 57.1 Å². The third kappa shape index (κ3) is 4.64. The molecule has 7 nitrogen and oxygen atoms in total. The van der Waals surface area contributed by atoms with Crippen molar-refractivity contribution < 1.29 is 23.1 Å². The molecule has 0 aliphatic heterocycles. The molecular formula is C18H21ClN2O5S. The van der Waals surface area contributed by atoms with Crippen LogP contribution in [0.3, 0.4) is 0 Å². The van der Waals surface area contributed by atoms with Crippen molar-refractivity contribution in [3.8, 4) is 5.75 Å². The van der Waals surface area contributed by atoms with Crippen LogP contribution in [0.2, 0.25) is 5.02 Å². The first-order valence-electron chi connectivity index (χ1n) is 7.98. The van der Waals surface area contributed by atoms with Crippen LogP contribution in [0.25, 0.3) is 0 Å². The van der Waals surface area contributed by atoms with Gasteiger partial charge in [0.2, 0.25) is 0 Å². The molecule has 2 aromatic carbocycles. The summed E-state index contributed by atoms with van der Waals surface area (Å²) in [6.45, 7) is 2.73. The quantitative estimate of drug-likeness (QED) is 0.724. The highest BCUT2D eigenvalue weighted by Gasteiger charge is 2.23. The molecule has 0 spiro atoms. The molecule has 27 heavy (non-hydrogen) atoms. The summed E-state index contributed by atoms with van der Waals surface area (Å²) in [6, 6.07) is 7.97. The van der Waals surface area contributed by atoms with Crippen LogP contribution in [0.5, 0.6) is 5.75 Å². The molecule has 2 rings (SSSR count). The van der Waals surface area contributed by atoms with Gasteiger partial charge in [0.15, 0.2) is 6.61 Å². The average molecular weight is 413 g/mol. The van der Waals surface area contributed by atoms with E-state index in [9.17, 15) is 13.2 Å². The molecule has 0 fully saturated rings. The van der Waals surface area contributed by atoms with Crippen LogP contribution >= 0.6 is 11.6 Å². The second kappa shape index (κ2) is 8.06. The number of carboxylic acids is 1. The van der Waals surface area contributed by atoms with E-state index in [4.69, 9.17) is 21.4 Å². The average Bonchev–Trinajstić information content (AvgIpc) is 2.53. The lowest BCUT2D eigenvalue weighted by atomic mass is 10.1. The number of para-hydroxylation sites is 1. The first kappa shape index (κ1) is 20.9. The minimum absolute atomic E-state index is 0.00169. The summed E-state index contributed by atoms with van der Waals surface area (Å²) in [5.74, 6) is -0.908. The van der Waals surface area contributed by atoms with Crippen molar-refractivity contribution in [3.05, 3.63) is 46.5 Å². The van der Waals surface area contributed by atoms with Crippen LogP contribution in [0.15, 0.2) is 35.2 Å². The van der Waals surface area contributed by atoms with E-state index in [2.05, 4.69) is 4.72 Å². The van der Waals surface area contributed by atoms with Gasteiger partial charge in [0, 0.05) is 19.7 Å². The molecule has 0 aliphatic rings. The Hall–Kier alpha value is -2.45. The number of hydrogen-bond acceptors (Lipinski definition) is 5. The maximum absolute atomic E-state index is 13.0. The van der Waals surface area contributed by atoms with E-state index in [1.807, 2.05) is 0 Å². The van der Waals surface area contributed by atoms with Crippen molar-refractivity contribution in [1.29, 1.82) is 0 Å². The Morgan fingerprint density at radius 2 is 1.89 bits per heavy atom. The molecule has 0 bridgehead atoms. The molecule has 146 valence electrons. The van der Waals surface area contributed by atoms with E-state index in [0.717, 1.165) is 0 Å². The van der Waals surface area contributed by atoms with Gasteiger partial charge in [0.1, 0.15) is 5.75 Å². The third-order valence-corrected chi connectivity index (χ3v) is 5.68. The van der Waals surface area contributed by atoms with Gasteiger partial charge in [-0.2, -0.15) is 0 Å². The second-order valence-corrected chi connectivity index (χ2v) is 8.21. The molecule has 0 aromatic heterocycles. The van der Waals surface area contributed by atoms with Crippen molar-refractivity contribution in [2.75, 3.05) is 30.3 Å². The Morgan fingerprint density at radius 1 is 1.22 bits per heavy atom. The first-order chi connectivity index (χ1) is 12.5. The van der Waals surface area contributed by atoms with Crippen LogP contribution in [-0.2, 0) is 14.8 Å². The SMILES string of the molecule is Cc1ccc(S(=O)(=O)Nc2cccc(Cl)c2N(C)C)c(C)c1OCC(=O)O. The highest BCUT2D eigenvalue weighted by atomic mass is 35.5. The van der Waals surface area contributed by atoms with Gasteiger partial charge in [-0.1, -0.05) is 23.7 Å². The summed E-state index contributed by atoms with van der Waals surface area (Å²) in [6.07, 6.45) is 0. The van der Waals surface area contributed by atoms with Crippen LogP contribution in [0, 0.1) is 13.8 Å². The van der Waals surface area contributed by atoms with E-state index >= 15 is 0 Å². The van der Waals surface area contributed by atoms with Crippen LogP contribution in [0.4, 0.5) is 11.4 Å². The van der Waals surface area contributed by atoms with Crippen LogP contribution < -0.4 is 14.4 Å². The molecule has 0 unspecified atom stereocenters. The fourth-order valence-corrected chi connectivity index (χ4v) is 4.36. The van der Waals surface area contributed by atoms with Crippen molar-refractivity contribution in [1.82, 2.24) is 0 Å². The zero-order valence-electron chi connectivity index (χ0n) is 15.4. The summed E-state index contributed by atoms with van der Waals surface area (Å²) < 4.78 is 33.8. The predicted molar refractivity (Wildman–Crippen MR) is 106 cm³/mol. The maximum atomic E-state index is 13.0. The molecule has 2 N–H and O–H groups in total. The normalized spacial score (nSPS) is 11.1. The van der Waals surface area contributed by atoms with Crippen molar-refractivity contribution in [2.45, 2.75) is 18.7 Å². The summed E-state index contributed by atoms with van der Waals surface area (Å²) in [4.78, 5) is 12.5. The molecule has 0 saturated heterocycles. The summed E-state index contributed by atoms with van der Waals surface area (Å²) in [5, 5.41) is 9.22. The number of halogens is 1. The number of rotatable bonds is 7. The molecule has 0 atom stereocenters. The van der Waals surface area contributed by atoms with Crippen molar-refractivity contribution in [3.63, 3.8) is 0 Å². The second-order valence-electron chi connectivity index (χ2n) is 6.15. The molecule has 0 aliphatic carbocycles. The van der Waals surface area contributed by atoms with Crippen molar-refractivity contribution in [2.24, 2.45) is 0 Å². The number of carboxylic acid groups (broad SMARTS) is 1. The van der Waals surface area contributed by atoms with Crippen molar-refractivity contribution >= 4 is 39.0 Å². The number of ether oxygens (including phenoxy) is 1. The van der Waals surface area contributed by atoms with Crippen LogP contribution in [-0.4, -0.2) is 40.2 Å². The highest BCUT2D eigenvalue weighted by molar-refractivity contribution is 7.92. The maximum Gasteiger partial charge on any atom is 0.341 e. The molecule has 0 amide bonds. The Labute approximate surface area is 163 Å². The Bertz CT molecular complexity index is 974. The van der Waals surface area contributed by atoms with Gasteiger partial charge >= 0.3 is 5.97 Å². The van der Waals surface area contributed by atoms with E-state index in [1.165, 1.54) is 6.07 Å². The number of anilines is 2. The number of aliphatic carboxylic acids is 1. The van der Waals surface area contributed by atoms with E-state index in [0.29, 0.717) is 27.5 Å². The molecule has 2 aromatic rings. The number of hydrogen-bond donors (Lipinski definition) is 2. The Morgan fingerprint density at radius 3 is 2.48 bits per heavy atom. The zero-order chi connectivity index (χ0) is 20.4. The van der Waals surface area contributed by atoms with Crippen LogP contribution in [0.1, 0.15) is 11.1 Å². The van der Waals surface area contributed by atoms with Gasteiger partial charge in [0.05, 0.1) is 21.3 Å².